The molecule has 1 aliphatic rings. The van der Waals surface area contributed by atoms with Crippen LogP contribution in [0.4, 0.5) is 0 Å². The Morgan fingerprint density at radius 1 is 0.833 bits per heavy atom. The van der Waals surface area contributed by atoms with Crippen LogP contribution in [0.25, 0.3) is 5.76 Å². The molecule has 0 saturated carbocycles. The van der Waals surface area contributed by atoms with Crippen molar-refractivity contribution in [2.24, 2.45) is 0 Å². The summed E-state index contributed by atoms with van der Waals surface area (Å²) in [4.78, 5) is 1.34. The Morgan fingerprint density at radius 2 is 1.53 bits per heavy atom. The van der Waals surface area contributed by atoms with E-state index in [9.17, 15) is 0 Å². The van der Waals surface area contributed by atoms with Gasteiger partial charge in [-0.05, 0) is 29.8 Å². The second-order valence-corrected chi connectivity index (χ2v) is 7.79. The highest BCUT2D eigenvalue weighted by Gasteiger charge is 2.33. The lowest BCUT2D eigenvalue weighted by atomic mass is 9.81. The first-order valence-corrected chi connectivity index (χ1v) is 10.2. The molecule has 0 saturated heterocycles. The normalized spacial score (nSPS) is 15.6. The first-order valence-electron chi connectivity index (χ1n) is 10.2. The maximum absolute atomic E-state index is 6.53. The molecule has 0 unspecified atom stereocenters. The molecule has 154 valence electrons. The van der Waals surface area contributed by atoms with Crippen LogP contribution < -0.4 is 19.1 Å². The Hall–Kier alpha value is -3.24. The number of fused-ring (bicyclic) bond motifs is 1. The number of quaternary nitrogens is 1. The average molecular weight is 403 g/mol. The van der Waals surface area contributed by atoms with Crippen LogP contribution in [0.3, 0.4) is 0 Å². The highest BCUT2D eigenvalue weighted by molar-refractivity contribution is 5.73. The Balaban J connectivity index is 1.95. The molecule has 1 atom stereocenters. The fourth-order valence-corrected chi connectivity index (χ4v) is 4.12. The van der Waals surface area contributed by atoms with E-state index in [4.69, 9.17) is 14.2 Å². The molecule has 0 amide bonds. The Kier molecular flexibility index (Phi) is 5.77. The van der Waals surface area contributed by atoms with Gasteiger partial charge in [-0.2, -0.15) is 0 Å². The molecule has 4 nitrogen and oxygen atoms in total. The molecule has 1 heterocycles. The molecular weight excluding hydrogens is 374 g/mol. The van der Waals surface area contributed by atoms with E-state index in [0.29, 0.717) is 11.5 Å². The van der Waals surface area contributed by atoms with Crippen LogP contribution in [0.15, 0.2) is 78.4 Å². The maximum Gasteiger partial charge on any atom is 0.161 e. The second-order valence-electron chi connectivity index (χ2n) is 7.79. The van der Waals surface area contributed by atoms with E-state index in [1.54, 1.807) is 14.2 Å². The molecule has 1 aliphatic heterocycles. The first-order chi connectivity index (χ1) is 14.6. The molecule has 30 heavy (non-hydrogen) atoms. The van der Waals surface area contributed by atoms with Crippen molar-refractivity contribution in [3.8, 4) is 17.2 Å². The number of methoxy groups -OCH3 is 2. The lowest BCUT2D eigenvalue weighted by molar-refractivity contribution is -0.853. The number of likely N-dealkylation sites (N-methyl/N-ethyl adjacent to an activating group) is 1. The molecule has 0 aliphatic carbocycles. The monoisotopic (exact) mass is 402 g/mol. The van der Waals surface area contributed by atoms with Gasteiger partial charge in [0.1, 0.15) is 18.1 Å². The van der Waals surface area contributed by atoms with E-state index in [1.165, 1.54) is 21.6 Å². The zero-order valence-corrected chi connectivity index (χ0v) is 17.9. The summed E-state index contributed by atoms with van der Waals surface area (Å²) in [6.07, 6.45) is 0. The zero-order valence-electron chi connectivity index (χ0n) is 17.9. The van der Waals surface area contributed by atoms with Crippen LogP contribution in [0.5, 0.6) is 17.2 Å². The molecule has 0 spiro atoms. The highest BCUT2D eigenvalue weighted by atomic mass is 16.5. The van der Waals surface area contributed by atoms with Gasteiger partial charge in [-0.15, -0.1) is 0 Å². The maximum atomic E-state index is 6.53. The topological polar surface area (TPSA) is 32.1 Å². The van der Waals surface area contributed by atoms with E-state index >= 15 is 0 Å². The SMILES string of the molecule is COc1ccc(C2=C(C[NH+](C)C)[C@H](c3ccccc3)c3ccccc3O2)cc1OC. The third kappa shape index (κ3) is 3.79. The van der Waals surface area contributed by atoms with Crippen molar-refractivity contribution in [2.75, 3.05) is 34.9 Å². The van der Waals surface area contributed by atoms with Crippen LogP contribution in [-0.4, -0.2) is 34.9 Å². The molecule has 0 aromatic heterocycles. The average Bonchev–Trinajstić information content (AvgIpc) is 2.78. The van der Waals surface area contributed by atoms with Gasteiger partial charge in [-0.3, -0.25) is 0 Å². The van der Waals surface area contributed by atoms with Crippen LogP contribution in [-0.2, 0) is 0 Å². The lowest BCUT2D eigenvalue weighted by Crippen LogP contribution is -3.06. The van der Waals surface area contributed by atoms with Crippen molar-refractivity contribution in [1.29, 1.82) is 0 Å². The van der Waals surface area contributed by atoms with Gasteiger partial charge >= 0.3 is 0 Å². The quantitative estimate of drug-likeness (QED) is 0.681. The largest absolute Gasteiger partial charge is 0.493 e. The van der Waals surface area contributed by atoms with Crippen LogP contribution in [0.1, 0.15) is 22.6 Å². The van der Waals surface area contributed by atoms with Crippen molar-refractivity contribution < 1.29 is 19.1 Å². The van der Waals surface area contributed by atoms with Crippen molar-refractivity contribution in [2.45, 2.75) is 5.92 Å². The third-order valence-corrected chi connectivity index (χ3v) is 5.40. The number of ether oxygens (including phenoxy) is 3. The molecule has 4 heteroatoms. The smallest absolute Gasteiger partial charge is 0.161 e. The lowest BCUT2D eigenvalue weighted by Gasteiger charge is -2.32. The van der Waals surface area contributed by atoms with E-state index in [1.807, 2.05) is 30.3 Å². The number of rotatable bonds is 6. The van der Waals surface area contributed by atoms with Crippen LogP contribution in [0, 0.1) is 0 Å². The van der Waals surface area contributed by atoms with Crippen molar-refractivity contribution in [3.05, 3.63) is 95.1 Å². The van der Waals surface area contributed by atoms with E-state index in [2.05, 4.69) is 56.6 Å². The van der Waals surface area contributed by atoms with Gasteiger partial charge in [0.05, 0.1) is 28.3 Å². The fraction of sp³-hybridized carbons (Fsp3) is 0.231. The minimum Gasteiger partial charge on any atom is -0.493 e. The summed E-state index contributed by atoms with van der Waals surface area (Å²) in [6.45, 7) is 0.859. The number of nitrogens with one attached hydrogen (secondary N) is 1. The van der Waals surface area contributed by atoms with Crippen molar-refractivity contribution in [3.63, 3.8) is 0 Å². The minimum absolute atomic E-state index is 0.133. The zero-order chi connectivity index (χ0) is 21.1. The minimum atomic E-state index is 0.133. The second kappa shape index (κ2) is 8.64. The summed E-state index contributed by atoms with van der Waals surface area (Å²) in [5.74, 6) is 3.32. The number of hydrogen-bond acceptors (Lipinski definition) is 3. The van der Waals surface area contributed by atoms with Crippen molar-refractivity contribution >= 4 is 5.76 Å². The molecule has 0 radical (unpaired) electrons. The molecule has 0 fully saturated rings. The fourth-order valence-electron chi connectivity index (χ4n) is 4.12. The van der Waals surface area contributed by atoms with Crippen LogP contribution >= 0.6 is 0 Å². The van der Waals surface area contributed by atoms with E-state index < -0.39 is 0 Å². The summed E-state index contributed by atoms with van der Waals surface area (Å²) in [5, 5.41) is 0. The molecule has 3 aromatic carbocycles. The van der Waals surface area contributed by atoms with Gasteiger partial charge < -0.3 is 19.1 Å². The predicted molar refractivity (Wildman–Crippen MR) is 119 cm³/mol. The number of hydrogen-bond donors (Lipinski definition) is 1. The predicted octanol–water partition coefficient (Wildman–Crippen LogP) is 3.78. The summed E-state index contributed by atoms with van der Waals surface area (Å²) in [5.41, 5.74) is 4.71. The number of para-hydroxylation sites is 1. The third-order valence-electron chi connectivity index (χ3n) is 5.40. The Bertz CT molecular complexity index is 1060. The molecule has 4 rings (SSSR count). The van der Waals surface area contributed by atoms with E-state index in [0.717, 1.165) is 23.6 Å². The standard InChI is InChI=1S/C26H27NO3/c1-27(2)17-21-25(18-10-6-5-7-11-18)20-12-8-9-13-22(20)30-26(21)19-14-15-23(28-3)24(16-19)29-4/h5-16,25H,17H2,1-4H3/p+1/t25-/m1/s1. The van der Waals surface area contributed by atoms with Gasteiger partial charge in [0.2, 0.25) is 0 Å². The highest BCUT2D eigenvalue weighted by Crippen LogP contribution is 2.46. The van der Waals surface area contributed by atoms with Gasteiger partial charge in [0.15, 0.2) is 11.5 Å². The Morgan fingerprint density at radius 3 is 2.23 bits per heavy atom. The summed E-state index contributed by atoms with van der Waals surface area (Å²) < 4.78 is 17.5. The first kappa shape index (κ1) is 20.0. The molecule has 0 bridgehead atoms. The van der Waals surface area contributed by atoms with Crippen molar-refractivity contribution in [1.82, 2.24) is 0 Å². The van der Waals surface area contributed by atoms with Crippen LogP contribution in [0.2, 0.25) is 0 Å². The Labute approximate surface area is 178 Å². The van der Waals surface area contributed by atoms with Gasteiger partial charge in [-0.25, -0.2) is 0 Å². The molecule has 3 aromatic rings. The number of benzene rings is 3. The molecular formula is C26H28NO3+. The van der Waals surface area contributed by atoms with E-state index in [-0.39, 0.29) is 5.92 Å². The summed E-state index contributed by atoms with van der Waals surface area (Å²) in [7, 11) is 7.64. The molecule has 1 N–H and O–H groups in total. The van der Waals surface area contributed by atoms with Gasteiger partial charge in [-0.1, -0.05) is 48.5 Å². The summed E-state index contributed by atoms with van der Waals surface area (Å²) in [6, 6.07) is 24.9. The van der Waals surface area contributed by atoms with Gasteiger partial charge in [0, 0.05) is 22.6 Å². The van der Waals surface area contributed by atoms with Gasteiger partial charge in [0.25, 0.3) is 0 Å². The summed E-state index contributed by atoms with van der Waals surface area (Å²) >= 11 is 0.